The highest BCUT2D eigenvalue weighted by Crippen LogP contribution is 2.35. The van der Waals surface area contributed by atoms with Crippen molar-refractivity contribution in [1.82, 2.24) is 10.2 Å². The Morgan fingerprint density at radius 2 is 1.61 bits per heavy atom. The van der Waals surface area contributed by atoms with Crippen molar-refractivity contribution in [3.8, 4) is 0 Å². The smallest absolute Gasteiger partial charge is 0.325 e. The number of aliphatic hydroxyl groups excluding tert-OH is 1. The number of hydrogen-bond acceptors (Lipinski definition) is 5. The molecule has 0 saturated carbocycles. The lowest BCUT2D eigenvalue weighted by Gasteiger charge is -2.29. The zero-order valence-corrected chi connectivity index (χ0v) is 15.8. The Labute approximate surface area is 162 Å². The van der Waals surface area contributed by atoms with E-state index in [0.29, 0.717) is 5.56 Å². The molecule has 2 N–H and O–H groups in total. The van der Waals surface area contributed by atoms with Crippen molar-refractivity contribution in [1.29, 1.82) is 0 Å². The minimum Gasteiger partial charge on any atom is -0.390 e. The summed E-state index contributed by atoms with van der Waals surface area (Å²) in [6.45, 7) is 0. The van der Waals surface area contributed by atoms with E-state index in [1.165, 1.54) is 0 Å². The van der Waals surface area contributed by atoms with Gasteiger partial charge in [-0.05, 0) is 11.1 Å². The van der Waals surface area contributed by atoms with E-state index in [1.807, 2.05) is 36.4 Å². The average Bonchev–Trinajstić information content (AvgIpc) is 3.08. The van der Waals surface area contributed by atoms with Crippen LogP contribution in [0, 0.1) is 0 Å². The summed E-state index contributed by atoms with van der Waals surface area (Å²) in [6, 6.07) is 16.4. The van der Waals surface area contributed by atoms with E-state index in [2.05, 4.69) is 5.32 Å². The summed E-state index contributed by atoms with van der Waals surface area (Å²) in [6.07, 6.45) is -1.07. The molecule has 2 aromatic carbocycles. The van der Waals surface area contributed by atoms with Crippen LogP contribution in [0.2, 0.25) is 0 Å². The highest BCUT2D eigenvalue weighted by Gasteiger charge is 2.57. The molecule has 2 aliphatic rings. The number of imide groups is 1. The van der Waals surface area contributed by atoms with Crippen molar-refractivity contribution in [3.63, 3.8) is 0 Å². The van der Waals surface area contributed by atoms with Crippen molar-refractivity contribution in [2.75, 3.05) is 11.5 Å². The Bertz CT molecular complexity index is 1010. The van der Waals surface area contributed by atoms with Crippen LogP contribution < -0.4 is 5.32 Å². The lowest BCUT2D eigenvalue weighted by molar-refractivity contribution is -0.134. The van der Waals surface area contributed by atoms with Crippen LogP contribution in [0.15, 0.2) is 60.7 Å². The van der Waals surface area contributed by atoms with Gasteiger partial charge in [0.2, 0.25) is 0 Å². The number of urea groups is 1. The van der Waals surface area contributed by atoms with Crippen molar-refractivity contribution in [3.05, 3.63) is 71.8 Å². The standard InChI is InChI=1S/C20H20N2O5S/c23-17-13-28(26,27)12-16(17)22-18(24)20(21-19(22)25,15-9-5-2-6-10-15)11-14-7-3-1-4-8-14/h1-10,16-17,23H,11-13H2,(H,21,25)/t16-,17+,20+/m1/s1. The van der Waals surface area contributed by atoms with E-state index in [4.69, 9.17) is 0 Å². The summed E-state index contributed by atoms with van der Waals surface area (Å²) >= 11 is 0. The maximum absolute atomic E-state index is 13.5. The zero-order valence-electron chi connectivity index (χ0n) is 15.0. The molecule has 146 valence electrons. The Morgan fingerprint density at radius 3 is 2.18 bits per heavy atom. The fraction of sp³-hybridized carbons (Fsp3) is 0.300. The molecule has 2 aliphatic heterocycles. The van der Waals surface area contributed by atoms with Gasteiger partial charge in [0.25, 0.3) is 5.91 Å². The molecular formula is C20H20N2O5S. The molecule has 0 spiro atoms. The Hall–Kier alpha value is -2.71. The first-order valence-electron chi connectivity index (χ1n) is 8.96. The van der Waals surface area contributed by atoms with Gasteiger partial charge in [0.05, 0.1) is 23.7 Å². The second-order valence-electron chi connectivity index (χ2n) is 7.25. The predicted molar refractivity (Wildman–Crippen MR) is 102 cm³/mol. The van der Waals surface area contributed by atoms with Gasteiger partial charge < -0.3 is 10.4 Å². The van der Waals surface area contributed by atoms with Crippen LogP contribution in [0.3, 0.4) is 0 Å². The number of sulfone groups is 1. The number of hydrogen-bond donors (Lipinski definition) is 2. The minimum absolute atomic E-state index is 0.217. The van der Waals surface area contributed by atoms with Gasteiger partial charge >= 0.3 is 6.03 Å². The average molecular weight is 400 g/mol. The van der Waals surface area contributed by atoms with Gasteiger partial charge in [-0.25, -0.2) is 13.2 Å². The highest BCUT2D eigenvalue weighted by atomic mass is 32.2. The van der Waals surface area contributed by atoms with E-state index in [-0.39, 0.29) is 6.42 Å². The van der Waals surface area contributed by atoms with Crippen molar-refractivity contribution >= 4 is 21.8 Å². The third-order valence-corrected chi connectivity index (χ3v) is 7.03. The Balaban J connectivity index is 1.77. The first kappa shape index (κ1) is 18.6. The van der Waals surface area contributed by atoms with Crippen LogP contribution in [-0.4, -0.2) is 54.0 Å². The molecule has 7 nitrogen and oxygen atoms in total. The molecule has 2 heterocycles. The number of nitrogens with zero attached hydrogens (tertiary/aromatic N) is 1. The van der Waals surface area contributed by atoms with Gasteiger partial charge in [-0.15, -0.1) is 0 Å². The molecule has 0 unspecified atom stereocenters. The van der Waals surface area contributed by atoms with Crippen LogP contribution >= 0.6 is 0 Å². The summed E-state index contributed by atoms with van der Waals surface area (Å²) < 4.78 is 23.8. The van der Waals surface area contributed by atoms with Gasteiger partial charge in [0.1, 0.15) is 0 Å². The number of carbonyl (C=O) groups excluding carboxylic acids is 2. The summed E-state index contributed by atoms with van der Waals surface area (Å²) in [5.41, 5.74) is 0.0997. The molecule has 2 saturated heterocycles. The number of nitrogens with one attached hydrogen (secondary N) is 1. The molecule has 2 fully saturated rings. The first-order chi connectivity index (χ1) is 13.3. The molecule has 3 atom stereocenters. The summed E-state index contributed by atoms with van der Waals surface area (Å²) in [7, 11) is -3.51. The van der Waals surface area contributed by atoms with Gasteiger partial charge in [0, 0.05) is 6.42 Å². The van der Waals surface area contributed by atoms with Gasteiger partial charge in [-0.1, -0.05) is 60.7 Å². The fourth-order valence-electron chi connectivity index (χ4n) is 3.99. The van der Waals surface area contributed by atoms with Crippen molar-refractivity contribution < 1.29 is 23.1 Å². The lowest BCUT2D eigenvalue weighted by Crippen LogP contribution is -2.49. The molecule has 0 bridgehead atoms. The van der Waals surface area contributed by atoms with Gasteiger partial charge in [0.15, 0.2) is 15.4 Å². The molecule has 2 aromatic rings. The van der Waals surface area contributed by atoms with Crippen LogP contribution in [0.1, 0.15) is 11.1 Å². The second kappa shape index (κ2) is 6.72. The minimum atomic E-state index is -3.51. The second-order valence-corrected chi connectivity index (χ2v) is 9.40. The van der Waals surface area contributed by atoms with E-state index in [0.717, 1.165) is 10.5 Å². The zero-order chi connectivity index (χ0) is 19.9. The van der Waals surface area contributed by atoms with Crippen LogP contribution in [0.4, 0.5) is 4.79 Å². The molecule has 0 radical (unpaired) electrons. The molecule has 8 heteroatoms. The maximum atomic E-state index is 13.5. The number of amides is 3. The van der Waals surface area contributed by atoms with Crippen LogP contribution in [0.25, 0.3) is 0 Å². The molecule has 3 amide bonds. The van der Waals surface area contributed by atoms with E-state index in [9.17, 15) is 23.1 Å². The number of benzene rings is 2. The van der Waals surface area contributed by atoms with E-state index in [1.54, 1.807) is 24.3 Å². The third-order valence-electron chi connectivity index (χ3n) is 5.33. The third kappa shape index (κ3) is 3.08. The quantitative estimate of drug-likeness (QED) is 0.740. The normalized spacial score (nSPS) is 29.1. The summed E-state index contributed by atoms with van der Waals surface area (Å²) in [4.78, 5) is 27.2. The van der Waals surface area contributed by atoms with E-state index >= 15 is 0 Å². The molecular weight excluding hydrogens is 380 g/mol. The first-order valence-corrected chi connectivity index (χ1v) is 10.8. The van der Waals surface area contributed by atoms with Crippen molar-refractivity contribution in [2.24, 2.45) is 0 Å². The number of rotatable bonds is 4. The topological polar surface area (TPSA) is 104 Å². The maximum Gasteiger partial charge on any atom is 0.325 e. The molecule has 4 rings (SSSR count). The number of carbonyl (C=O) groups is 2. The fourth-order valence-corrected chi connectivity index (χ4v) is 5.76. The predicted octanol–water partition coefficient (Wildman–Crippen LogP) is 0.834. The van der Waals surface area contributed by atoms with E-state index < -0.39 is 51.0 Å². The summed E-state index contributed by atoms with van der Waals surface area (Å²) in [5, 5.41) is 13.0. The Kier molecular flexibility index (Phi) is 4.47. The monoisotopic (exact) mass is 400 g/mol. The van der Waals surface area contributed by atoms with Gasteiger partial charge in [-0.2, -0.15) is 0 Å². The lowest BCUT2D eigenvalue weighted by atomic mass is 9.83. The summed E-state index contributed by atoms with van der Waals surface area (Å²) in [5.74, 6) is -1.43. The number of aliphatic hydroxyl groups is 1. The van der Waals surface area contributed by atoms with Crippen molar-refractivity contribution in [2.45, 2.75) is 24.1 Å². The molecule has 0 aliphatic carbocycles. The van der Waals surface area contributed by atoms with Crippen LogP contribution in [0.5, 0.6) is 0 Å². The SMILES string of the molecule is O=C1N[C@@](Cc2ccccc2)(c2ccccc2)C(=O)N1[C@@H]1CS(=O)(=O)C[C@@H]1O. The van der Waals surface area contributed by atoms with Gasteiger partial charge in [-0.3, -0.25) is 9.69 Å². The largest absolute Gasteiger partial charge is 0.390 e. The Morgan fingerprint density at radius 1 is 1.00 bits per heavy atom. The molecule has 28 heavy (non-hydrogen) atoms. The van der Waals surface area contributed by atoms with Crippen LogP contribution in [-0.2, 0) is 26.6 Å². The molecule has 0 aromatic heterocycles. The highest BCUT2D eigenvalue weighted by molar-refractivity contribution is 7.91.